The van der Waals surface area contributed by atoms with Crippen molar-refractivity contribution >= 4 is 42.8 Å². The van der Waals surface area contributed by atoms with Gasteiger partial charge in [0.05, 0.1) is 33.9 Å². The highest BCUT2D eigenvalue weighted by Crippen LogP contribution is 2.44. The number of benzene rings is 2. The highest BCUT2D eigenvalue weighted by atomic mass is 32.2. The summed E-state index contributed by atoms with van der Waals surface area (Å²) in [5, 5.41) is 28.4. The molecule has 0 unspecified atom stereocenters. The molecule has 3 aliphatic rings. The molecule has 2 aliphatic carbocycles. The van der Waals surface area contributed by atoms with E-state index in [0.29, 0.717) is 28.7 Å². The van der Waals surface area contributed by atoms with Gasteiger partial charge in [-0.15, -0.1) is 0 Å². The number of aliphatic hydroxyl groups is 2. The molecule has 11 nitrogen and oxygen atoms in total. The lowest BCUT2D eigenvalue weighted by molar-refractivity contribution is -0.0858. The zero-order chi connectivity index (χ0) is 34.3. The summed E-state index contributed by atoms with van der Waals surface area (Å²) in [5.74, 6) is -2.22. The van der Waals surface area contributed by atoms with Crippen molar-refractivity contribution in [1.29, 1.82) is 0 Å². The smallest absolute Gasteiger partial charge is 0.407 e. The highest BCUT2D eigenvalue weighted by molar-refractivity contribution is 7.89. The molecule has 2 saturated carbocycles. The molecule has 3 aromatic rings. The molecule has 0 bridgehead atoms. The maximum absolute atomic E-state index is 14.1. The zero-order valence-corrected chi connectivity index (χ0v) is 28.6. The number of sulfonamides is 1. The average Bonchev–Trinajstić information content (AvgIpc) is 3.49. The number of thiazole rings is 1. The van der Waals surface area contributed by atoms with Gasteiger partial charge in [0.1, 0.15) is 17.7 Å². The van der Waals surface area contributed by atoms with Crippen molar-refractivity contribution in [2.45, 2.75) is 81.9 Å². The summed E-state index contributed by atoms with van der Waals surface area (Å²) in [6.45, 7) is 5.48. The number of fused-ring (bicyclic) bond motifs is 2. The Morgan fingerprint density at radius 3 is 2.56 bits per heavy atom. The molecular formula is C33H42F2N4O7S2. The molecule has 48 heavy (non-hydrogen) atoms. The van der Waals surface area contributed by atoms with Crippen molar-refractivity contribution in [2.75, 3.05) is 25.0 Å². The van der Waals surface area contributed by atoms with Gasteiger partial charge in [-0.25, -0.2) is 27.0 Å². The van der Waals surface area contributed by atoms with E-state index in [9.17, 15) is 32.2 Å². The van der Waals surface area contributed by atoms with Crippen LogP contribution >= 0.6 is 11.3 Å². The number of aromatic nitrogens is 1. The number of anilines is 1. The summed E-state index contributed by atoms with van der Waals surface area (Å²) in [5.41, 5.74) is 0.826. The lowest BCUT2D eigenvalue weighted by atomic mass is 9.98. The molecule has 3 fully saturated rings. The third-order valence-electron chi connectivity index (χ3n) is 9.25. The fourth-order valence-electron chi connectivity index (χ4n) is 6.75. The first kappa shape index (κ1) is 34.9. The van der Waals surface area contributed by atoms with Crippen LogP contribution in [-0.4, -0.2) is 84.3 Å². The molecule has 1 saturated heterocycles. The number of alkyl carbamates (subject to hydrolysis) is 1. The number of nitrogens with one attached hydrogen (secondary N) is 2. The van der Waals surface area contributed by atoms with E-state index >= 15 is 0 Å². The predicted octanol–water partition coefficient (Wildman–Crippen LogP) is 4.48. The van der Waals surface area contributed by atoms with Crippen LogP contribution in [0.5, 0.6) is 0 Å². The Morgan fingerprint density at radius 1 is 1.15 bits per heavy atom. The van der Waals surface area contributed by atoms with Gasteiger partial charge in [-0.05, 0) is 73.4 Å². The monoisotopic (exact) mass is 708 g/mol. The molecule has 7 atom stereocenters. The van der Waals surface area contributed by atoms with Crippen molar-refractivity contribution in [2.24, 2.45) is 23.7 Å². The summed E-state index contributed by atoms with van der Waals surface area (Å²) in [6.07, 6.45) is -1.32. The maximum atomic E-state index is 14.1. The van der Waals surface area contributed by atoms with E-state index in [-0.39, 0.29) is 53.7 Å². The second kappa shape index (κ2) is 14.1. The minimum Gasteiger partial charge on any atom is -0.446 e. The molecule has 262 valence electrons. The van der Waals surface area contributed by atoms with Gasteiger partial charge >= 0.3 is 6.09 Å². The molecule has 1 aromatic heterocycles. The number of carbonyl (C=O) groups is 1. The van der Waals surface area contributed by atoms with Crippen LogP contribution < -0.4 is 10.6 Å². The summed E-state index contributed by atoms with van der Waals surface area (Å²) < 4.78 is 69.4. The van der Waals surface area contributed by atoms with Crippen molar-refractivity contribution in [1.82, 2.24) is 14.6 Å². The van der Waals surface area contributed by atoms with E-state index in [1.54, 1.807) is 12.1 Å². The second-order valence-corrected chi connectivity index (χ2v) is 16.7. The number of ether oxygens (including phenoxy) is 2. The van der Waals surface area contributed by atoms with Crippen molar-refractivity contribution in [3.63, 3.8) is 0 Å². The number of rotatable bonds is 13. The topological polar surface area (TPSA) is 150 Å². The Kier molecular flexibility index (Phi) is 10.3. The standard InChI is InChI=1S/C33H42F2N4O7S2/c1-17(2)14-39(48(43,44)23-6-7-26-29(13-23)47-32(37-26)36-22-4-5-22)15-28(40)27(11-19-9-20(34)12-21(35)10-19)38-33(42)46-30-18(3)8-24-25(30)16-45-31(24)41/h6-7,9-10,12-13,17-18,22,24-25,27-28,30-31,40-41H,4-5,8,11,14-16H2,1-3H3,(H,36,37)(H,38,42)/t18-,24+,25+,27-,28+,30-,31-/m0/s1. The Labute approximate surface area is 282 Å². The lowest BCUT2D eigenvalue weighted by Crippen LogP contribution is -2.52. The molecule has 6 rings (SSSR count). The van der Waals surface area contributed by atoms with Gasteiger partial charge in [0.2, 0.25) is 10.0 Å². The predicted molar refractivity (Wildman–Crippen MR) is 176 cm³/mol. The number of carbonyl (C=O) groups excluding carboxylic acids is 1. The quantitative estimate of drug-likeness (QED) is 0.202. The number of nitrogens with zero attached hydrogens (tertiary/aromatic N) is 2. The fourth-order valence-corrected chi connectivity index (χ4v) is 9.46. The maximum Gasteiger partial charge on any atom is 0.407 e. The SMILES string of the molecule is CC(C)CN(C[C@@H](O)[C@H](Cc1cc(F)cc(F)c1)NC(=O)O[C@@H]1[C@@H]2CO[C@H](O)[C@@H]2C[C@@H]1C)S(=O)(=O)c1ccc2nc(NC3CC3)sc2c1. The molecule has 1 aliphatic heterocycles. The lowest BCUT2D eigenvalue weighted by Gasteiger charge is -2.31. The van der Waals surface area contributed by atoms with Crippen LogP contribution in [0.1, 0.15) is 45.6 Å². The zero-order valence-electron chi connectivity index (χ0n) is 27.0. The van der Waals surface area contributed by atoms with Crippen molar-refractivity contribution in [3.8, 4) is 0 Å². The summed E-state index contributed by atoms with van der Waals surface area (Å²) in [6, 6.07) is 6.83. The Bertz CT molecular complexity index is 1720. The van der Waals surface area contributed by atoms with E-state index < -0.39 is 58.8 Å². The number of halogens is 2. The number of hydrogen-bond acceptors (Lipinski definition) is 10. The minimum atomic E-state index is -4.14. The van der Waals surface area contributed by atoms with Gasteiger partial charge in [-0.3, -0.25) is 0 Å². The van der Waals surface area contributed by atoms with Crippen LogP contribution in [-0.2, 0) is 25.9 Å². The fraction of sp³-hybridized carbons (Fsp3) is 0.576. The molecule has 2 aromatic carbocycles. The van der Waals surface area contributed by atoms with Crippen LogP contribution in [0.15, 0.2) is 41.3 Å². The van der Waals surface area contributed by atoms with Crippen molar-refractivity contribution in [3.05, 3.63) is 53.6 Å². The van der Waals surface area contributed by atoms with E-state index in [4.69, 9.17) is 9.47 Å². The summed E-state index contributed by atoms with van der Waals surface area (Å²) in [7, 11) is -4.14. The van der Waals surface area contributed by atoms with Gasteiger partial charge in [0, 0.05) is 37.0 Å². The molecular weight excluding hydrogens is 667 g/mol. The molecule has 4 N–H and O–H groups in total. The third kappa shape index (κ3) is 7.92. The van der Waals surface area contributed by atoms with Crippen LogP contribution in [0.25, 0.3) is 10.2 Å². The summed E-state index contributed by atoms with van der Waals surface area (Å²) >= 11 is 1.37. The number of amides is 1. The Hall–Kier alpha value is -2.95. The molecule has 0 spiro atoms. The van der Waals surface area contributed by atoms with E-state index in [2.05, 4.69) is 15.6 Å². The molecule has 1 amide bonds. The van der Waals surface area contributed by atoms with E-state index in [0.717, 1.165) is 30.1 Å². The van der Waals surface area contributed by atoms with Crippen LogP contribution in [0, 0.1) is 35.3 Å². The third-order valence-corrected chi connectivity index (χ3v) is 12.0. The first-order valence-electron chi connectivity index (χ1n) is 16.3. The average molecular weight is 709 g/mol. The minimum absolute atomic E-state index is 0.0336. The van der Waals surface area contributed by atoms with E-state index in [1.807, 2.05) is 20.8 Å². The molecule has 0 radical (unpaired) electrons. The van der Waals surface area contributed by atoms with Crippen LogP contribution in [0.4, 0.5) is 18.7 Å². The normalized spacial score (nSPS) is 25.4. The molecule has 15 heteroatoms. The first-order chi connectivity index (χ1) is 22.8. The summed E-state index contributed by atoms with van der Waals surface area (Å²) in [4.78, 5) is 17.9. The van der Waals surface area contributed by atoms with Crippen molar-refractivity contribution < 1.29 is 41.7 Å². The highest BCUT2D eigenvalue weighted by Gasteiger charge is 2.51. The Morgan fingerprint density at radius 2 is 1.88 bits per heavy atom. The molecule has 2 heterocycles. The van der Waals surface area contributed by atoms with Gasteiger partial charge in [-0.2, -0.15) is 4.31 Å². The van der Waals surface area contributed by atoms with Gasteiger partial charge in [0.15, 0.2) is 11.4 Å². The Balaban J connectivity index is 1.23. The number of aliphatic hydroxyl groups excluding tert-OH is 2. The number of hydrogen-bond donors (Lipinski definition) is 4. The largest absolute Gasteiger partial charge is 0.446 e. The van der Waals surface area contributed by atoms with E-state index in [1.165, 1.54) is 21.7 Å². The first-order valence-corrected chi connectivity index (χ1v) is 18.6. The van der Waals surface area contributed by atoms with Crippen LogP contribution in [0.2, 0.25) is 0 Å². The van der Waals surface area contributed by atoms with Gasteiger partial charge < -0.3 is 30.3 Å². The second-order valence-electron chi connectivity index (χ2n) is 13.7. The van der Waals surface area contributed by atoms with Crippen LogP contribution in [0.3, 0.4) is 0 Å². The van der Waals surface area contributed by atoms with Gasteiger partial charge in [0.25, 0.3) is 0 Å². The van der Waals surface area contributed by atoms with Gasteiger partial charge in [-0.1, -0.05) is 32.1 Å².